The largest absolute Gasteiger partial charge is 0.314 e. The third kappa shape index (κ3) is 3.22. The van der Waals surface area contributed by atoms with Crippen LogP contribution >= 0.6 is 0 Å². The number of halogens is 2. The number of rotatable bonds is 4. The molecule has 0 aliphatic carbocycles. The lowest BCUT2D eigenvalue weighted by Gasteiger charge is -2.40. The minimum Gasteiger partial charge on any atom is -0.314 e. The monoisotopic (exact) mass is 282 g/mol. The third-order valence-corrected chi connectivity index (χ3v) is 3.95. The van der Waals surface area contributed by atoms with Gasteiger partial charge in [0.1, 0.15) is 11.6 Å². The third-order valence-electron chi connectivity index (χ3n) is 3.95. The van der Waals surface area contributed by atoms with Gasteiger partial charge < -0.3 is 5.32 Å². The first-order valence-corrected chi connectivity index (χ1v) is 6.84. The SMILES string of the molecule is CC(C)(C(=O)Cc1cc(F)ccc1F)N1CCNCC1. The van der Waals surface area contributed by atoms with Crippen LogP contribution in [-0.4, -0.2) is 42.4 Å². The molecule has 1 heterocycles. The number of piperazine rings is 1. The molecule has 0 bridgehead atoms. The first-order chi connectivity index (χ1) is 9.41. The van der Waals surface area contributed by atoms with Gasteiger partial charge >= 0.3 is 0 Å². The molecule has 1 saturated heterocycles. The van der Waals surface area contributed by atoms with E-state index in [0.717, 1.165) is 44.4 Å². The molecule has 0 radical (unpaired) electrons. The van der Waals surface area contributed by atoms with Crippen LogP contribution < -0.4 is 5.32 Å². The van der Waals surface area contributed by atoms with Gasteiger partial charge in [-0.3, -0.25) is 9.69 Å². The van der Waals surface area contributed by atoms with Crippen molar-refractivity contribution in [3.63, 3.8) is 0 Å². The van der Waals surface area contributed by atoms with Gasteiger partial charge in [0.2, 0.25) is 0 Å². The van der Waals surface area contributed by atoms with Crippen LogP contribution in [0.5, 0.6) is 0 Å². The van der Waals surface area contributed by atoms with Crippen LogP contribution in [0, 0.1) is 11.6 Å². The minimum absolute atomic E-state index is 0.0828. The van der Waals surface area contributed by atoms with Crippen LogP contribution in [0.15, 0.2) is 18.2 Å². The number of carbonyl (C=O) groups is 1. The van der Waals surface area contributed by atoms with Crippen molar-refractivity contribution in [2.24, 2.45) is 0 Å². The summed E-state index contributed by atoms with van der Waals surface area (Å²) in [4.78, 5) is 14.5. The first-order valence-electron chi connectivity index (χ1n) is 6.84. The normalized spacial score (nSPS) is 17.2. The Morgan fingerprint density at radius 1 is 1.30 bits per heavy atom. The summed E-state index contributed by atoms with van der Waals surface area (Å²) in [5.41, 5.74) is -0.542. The average molecular weight is 282 g/mol. The molecule has 20 heavy (non-hydrogen) atoms. The number of nitrogens with one attached hydrogen (secondary N) is 1. The smallest absolute Gasteiger partial charge is 0.156 e. The molecule has 1 aliphatic heterocycles. The van der Waals surface area contributed by atoms with Crippen molar-refractivity contribution in [1.82, 2.24) is 10.2 Å². The maximum atomic E-state index is 13.6. The van der Waals surface area contributed by atoms with Crippen molar-refractivity contribution in [2.45, 2.75) is 25.8 Å². The first kappa shape index (κ1) is 15.1. The average Bonchev–Trinajstić information content (AvgIpc) is 2.43. The lowest BCUT2D eigenvalue weighted by atomic mass is 9.91. The Labute approximate surface area is 118 Å². The van der Waals surface area contributed by atoms with E-state index in [1.807, 2.05) is 13.8 Å². The van der Waals surface area contributed by atoms with E-state index >= 15 is 0 Å². The van der Waals surface area contributed by atoms with E-state index in [0.29, 0.717) is 0 Å². The fourth-order valence-corrected chi connectivity index (χ4v) is 2.47. The highest BCUT2D eigenvalue weighted by Gasteiger charge is 2.35. The molecule has 5 heteroatoms. The van der Waals surface area contributed by atoms with Crippen LogP contribution in [0.25, 0.3) is 0 Å². The molecule has 1 aromatic carbocycles. The van der Waals surface area contributed by atoms with Crippen molar-refractivity contribution in [2.75, 3.05) is 26.2 Å². The quantitative estimate of drug-likeness (QED) is 0.913. The maximum absolute atomic E-state index is 13.6. The van der Waals surface area contributed by atoms with Gasteiger partial charge in [-0.15, -0.1) is 0 Å². The zero-order valence-electron chi connectivity index (χ0n) is 11.9. The Morgan fingerprint density at radius 3 is 2.60 bits per heavy atom. The summed E-state index contributed by atoms with van der Waals surface area (Å²) in [5, 5.41) is 3.23. The second kappa shape index (κ2) is 5.97. The van der Waals surface area contributed by atoms with Crippen LogP contribution in [0.3, 0.4) is 0 Å². The summed E-state index contributed by atoms with van der Waals surface area (Å²) in [7, 11) is 0. The Kier molecular flexibility index (Phi) is 4.50. The highest BCUT2D eigenvalue weighted by atomic mass is 19.1. The number of ketones is 1. The van der Waals surface area contributed by atoms with Gasteiger partial charge in [0.25, 0.3) is 0 Å². The predicted octanol–water partition coefficient (Wildman–Crippen LogP) is 1.76. The van der Waals surface area contributed by atoms with E-state index in [1.165, 1.54) is 0 Å². The number of benzene rings is 1. The van der Waals surface area contributed by atoms with Crippen molar-refractivity contribution < 1.29 is 13.6 Å². The van der Waals surface area contributed by atoms with Gasteiger partial charge in [-0.25, -0.2) is 8.78 Å². The van der Waals surface area contributed by atoms with Gasteiger partial charge in [-0.05, 0) is 37.6 Å². The van der Waals surface area contributed by atoms with E-state index in [4.69, 9.17) is 0 Å². The molecule has 1 aromatic rings. The predicted molar refractivity (Wildman–Crippen MR) is 73.6 cm³/mol. The maximum Gasteiger partial charge on any atom is 0.156 e. The van der Waals surface area contributed by atoms with Crippen LogP contribution in [0.2, 0.25) is 0 Å². The van der Waals surface area contributed by atoms with Crippen molar-refractivity contribution in [3.05, 3.63) is 35.4 Å². The minimum atomic E-state index is -0.666. The molecule has 1 N–H and O–H groups in total. The Balaban J connectivity index is 2.11. The topological polar surface area (TPSA) is 32.3 Å². The molecule has 0 unspecified atom stereocenters. The number of hydrogen-bond donors (Lipinski definition) is 1. The summed E-state index contributed by atoms with van der Waals surface area (Å²) >= 11 is 0. The number of nitrogens with zero attached hydrogens (tertiary/aromatic N) is 1. The fourth-order valence-electron chi connectivity index (χ4n) is 2.47. The summed E-state index contributed by atoms with van der Waals surface area (Å²) in [6, 6.07) is 3.22. The molecule has 2 rings (SSSR count). The van der Waals surface area contributed by atoms with Gasteiger partial charge in [0.15, 0.2) is 5.78 Å². The molecule has 0 saturated carbocycles. The molecule has 3 nitrogen and oxygen atoms in total. The fraction of sp³-hybridized carbons (Fsp3) is 0.533. The van der Waals surface area contributed by atoms with E-state index in [2.05, 4.69) is 10.2 Å². The van der Waals surface area contributed by atoms with Crippen molar-refractivity contribution in [3.8, 4) is 0 Å². The second-order valence-corrected chi connectivity index (χ2v) is 5.63. The highest BCUT2D eigenvalue weighted by Crippen LogP contribution is 2.20. The molecule has 0 amide bonds. The zero-order valence-corrected chi connectivity index (χ0v) is 11.9. The molecule has 110 valence electrons. The second-order valence-electron chi connectivity index (χ2n) is 5.63. The molecular weight excluding hydrogens is 262 g/mol. The Morgan fingerprint density at radius 2 is 1.95 bits per heavy atom. The Hall–Kier alpha value is -1.33. The van der Waals surface area contributed by atoms with Crippen molar-refractivity contribution >= 4 is 5.78 Å². The molecule has 1 fully saturated rings. The van der Waals surface area contributed by atoms with Gasteiger partial charge in [0, 0.05) is 32.6 Å². The van der Waals surface area contributed by atoms with Crippen LogP contribution in [0.4, 0.5) is 8.78 Å². The van der Waals surface area contributed by atoms with E-state index < -0.39 is 17.2 Å². The van der Waals surface area contributed by atoms with Crippen LogP contribution in [0.1, 0.15) is 19.4 Å². The summed E-state index contributed by atoms with van der Waals surface area (Å²) in [5.74, 6) is -1.14. The van der Waals surface area contributed by atoms with Crippen molar-refractivity contribution in [1.29, 1.82) is 0 Å². The lowest BCUT2D eigenvalue weighted by Crippen LogP contribution is -2.57. The molecular formula is C15H20F2N2O. The number of hydrogen-bond acceptors (Lipinski definition) is 3. The van der Waals surface area contributed by atoms with Gasteiger partial charge in [-0.2, -0.15) is 0 Å². The van der Waals surface area contributed by atoms with E-state index in [9.17, 15) is 13.6 Å². The molecule has 0 atom stereocenters. The van der Waals surface area contributed by atoms with E-state index in [-0.39, 0.29) is 17.8 Å². The standard InChI is InChI=1S/C15H20F2N2O/c1-15(2,19-7-5-18-6-8-19)14(20)10-11-9-12(16)3-4-13(11)17/h3-4,9,18H,5-8,10H2,1-2H3. The molecule has 0 aromatic heterocycles. The number of carbonyl (C=O) groups excluding carboxylic acids is 1. The molecule has 0 spiro atoms. The van der Waals surface area contributed by atoms with Gasteiger partial charge in [-0.1, -0.05) is 0 Å². The summed E-state index contributed by atoms with van der Waals surface area (Å²) in [6.07, 6.45) is -0.0828. The lowest BCUT2D eigenvalue weighted by molar-refractivity contribution is -0.129. The highest BCUT2D eigenvalue weighted by molar-refractivity contribution is 5.89. The Bertz CT molecular complexity index is 497. The summed E-state index contributed by atoms with van der Waals surface area (Å²) < 4.78 is 26.8. The zero-order chi connectivity index (χ0) is 14.8. The summed E-state index contributed by atoms with van der Waals surface area (Å²) in [6.45, 7) is 6.93. The van der Waals surface area contributed by atoms with Crippen LogP contribution in [-0.2, 0) is 11.2 Å². The molecule has 1 aliphatic rings. The van der Waals surface area contributed by atoms with Gasteiger partial charge in [0.05, 0.1) is 5.54 Å². The van der Waals surface area contributed by atoms with E-state index in [1.54, 1.807) is 0 Å². The number of Topliss-reactive ketones (excluding diaryl/α,β-unsaturated/α-hetero) is 1.